The number of halogens is 1. The van der Waals surface area contributed by atoms with Crippen molar-refractivity contribution in [3.8, 4) is 0 Å². The van der Waals surface area contributed by atoms with Crippen LogP contribution in [0.5, 0.6) is 0 Å². The topological polar surface area (TPSA) is 150 Å². The second-order valence-corrected chi connectivity index (χ2v) is 9.45. The highest BCUT2D eigenvalue weighted by molar-refractivity contribution is 8.01. The molecule has 1 heterocycles. The highest BCUT2D eigenvalue weighted by Gasteiger charge is 2.29. The van der Waals surface area contributed by atoms with E-state index >= 15 is 0 Å². The molecular formula is C16H19ClN2O8S2. The summed E-state index contributed by atoms with van der Waals surface area (Å²) in [5.74, 6) is -3.56. The zero-order valence-corrected chi connectivity index (χ0v) is 17.4. The number of carbonyl (C=O) groups is 3. The fraction of sp³-hybridized carbons (Fsp3) is 0.438. The number of carbonyl (C=O) groups excluding carboxylic acids is 1. The number of benzene rings is 1. The number of nitrogens with one attached hydrogen (secondary N) is 1. The van der Waals surface area contributed by atoms with E-state index in [-0.39, 0.29) is 47.7 Å². The van der Waals surface area contributed by atoms with Gasteiger partial charge in [-0.25, -0.2) is 8.42 Å². The standard InChI is InChI=1S/C16H19ClN2O8S2/c17-11-2-1-10(7-13(11)29(25,26)19-3-5-27-6-4-19)18-14(20)9-28-12(16(23)24)8-15(21)22/h1-2,7,12H,3-6,8-9H2,(H,18,20)(H,21,22)(H,23,24)/t12-/m0/s1. The van der Waals surface area contributed by atoms with Gasteiger partial charge in [0.1, 0.15) is 10.1 Å². The fourth-order valence-corrected chi connectivity index (χ4v) is 5.19. The molecule has 0 aromatic heterocycles. The smallest absolute Gasteiger partial charge is 0.317 e. The van der Waals surface area contributed by atoms with Gasteiger partial charge in [0.15, 0.2) is 0 Å². The van der Waals surface area contributed by atoms with Gasteiger partial charge in [-0.1, -0.05) is 11.6 Å². The molecule has 0 bridgehead atoms. The van der Waals surface area contributed by atoms with Crippen molar-refractivity contribution in [3.05, 3.63) is 23.2 Å². The fourth-order valence-electron chi connectivity index (χ4n) is 2.45. The van der Waals surface area contributed by atoms with Gasteiger partial charge in [-0.15, -0.1) is 11.8 Å². The average molecular weight is 467 g/mol. The third-order valence-electron chi connectivity index (χ3n) is 3.85. The first kappa shape index (κ1) is 23.4. The normalized spacial score (nSPS) is 16.2. The van der Waals surface area contributed by atoms with Crippen molar-refractivity contribution in [1.82, 2.24) is 4.31 Å². The second-order valence-electron chi connectivity index (χ2n) is 5.95. The largest absolute Gasteiger partial charge is 0.481 e. The molecule has 13 heteroatoms. The van der Waals surface area contributed by atoms with Gasteiger partial charge in [0.05, 0.1) is 30.4 Å². The third kappa shape index (κ3) is 6.57. The summed E-state index contributed by atoms with van der Waals surface area (Å²) in [4.78, 5) is 33.6. The number of ether oxygens (including phenoxy) is 1. The number of carboxylic acid groups (broad SMARTS) is 2. The van der Waals surface area contributed by atoms with Gasteiger partial charge in [0.2, 0.25) is 15.9 Å². The maximum atomic E-state index is 12.8. The highest BCUT2D eigenvalue weighted by Crippen LogP contribution is 2.28. The van der Waals surface area contributed by atoms with Crippen LogP contribution >= 0.6 is 23.4 Å². The van der Waals surface area contributed by atoms with Crippen molar-refractivity contribution in [2.24, 2.45) is 0 Å². The van der Waals surface area contributed by atoms with E-state index < -0.39 is 39.5 Å². The van der Waals surface area contributed by atoms with Crippen LogP contribution in [0.4, 0.5) is 5.69 Å². The Morgan fingerprint density at radius 1 is 1.24 bits per heavy atom. The maximum Gasteiger partial charge on any atom is 0.317 e. The predicted molar refractivity (Wildman–Crippen MR) is 106 cm³/mol. The molecule has 0 spiro atoms. The van der Waals surface area contributed by atoms with Crippen molar-refractivity contribution in [3.63, 3.8) is 0 Å². The van der Waals surface area contributed by atoms with E-state index in [9.17, 15) is 22.8 Å². The van der Waals surface area contributed by atoms with E-state index in [1.165, 1.54) is 22.5 Å². The molecule has 1 saturated heterocycles. The van der Waals surface area contributed by atoms with Gasteiger partial charge in [-0.2, -0.15) is 4.31 Å². The van der Waals surface area contributed by atoms with Crippen LogP contribution < -0.4 is 5.32 Å². The molecule has 1 aliphatic heterocycles. The van der Waals surface area contributed by atoms with Crippen molar-refractivity contribution in [1.29, 1.82) is 0 Å². The van der Waals surface area contributed by atoms with Gasteiger partial charge in [0, 0.05) is 18.8 Å². The molecule has 10 nitrogen and oxygen atoms in total. The molecule has 2 rings (SSSR count). The first-order valence-corrected chi connectivity index (χ1v) is 11.2. The van der Waals surface area contributed by atoms with E-state index in [4.69, 9.17) is 26.6 Å². The number of sulfonamides is 1. The van der Waals surface area contributed by atoms with E-state index in [2.05, 4.69) is 5.32 Å². The first-order valence-electron chi connectivity index (χ1n) is 8.34. The summed E-state index contributed by atoms with van der Waals surface area (Å²) >= 11 is 6.71. The molecule has 1 aromatic carbocycles. The number of nitrogens with zero attached hydrogens (tertiary/aromatic N) is 1. The van der Waals surface area contributed by atoms with Crippen LogP contribution in [0.15, 0.2) is 23.1 Å². The van der Waals surface area contributed by atoms with E-state index in [1.54, 1.807) is 0 Å². The summed E-state index contributed by atoms with van der Waals surface area (Å²) in [6.45, 7) is 0.912. The molecule has 160 valence electrons. The number of hydrogen-bond donors (Lipinski definition) is 3. The SMILES string of the molecule is O=C(O)C[C@H](SCC(=O)Nc1ccc(Cl)c(S(=O)(=O)N2CCOCC2)c1)C(=O)O. The van der Waals surface area contributed by atoms with Crippen molar-refractivity contribution < 1.29 is 37.8 Å². The Kier molecular flexibility index (Phi) is 8.28. The Morgan fingerprint density at radius 3 is 2.48 bits per heavy atom. The highest BCUT2D eigenvalue weighted by atomic mass is 35.5. The number of hydrogen-bond acceptors (Lipinski definition) is 7. The zero-order chi connectivity index (χ0) is 21.6. The van der Waals surface area contributed by atoms with Crippen LogP contribution in [0.2, 0.25) is 5.02 Å². The zero-order valence-electron chi connectivity index (χ0n) is 15.0. The number of rotatable bonds is 9. The maximum absolute atomic E-state index is 12.8. The summed E-state index contributed by atoms with van der Waals surface area (Å²) in [6.07, 6.45) is -0.629. The molecule has 1 aromatic rings. The van der Waals surface area contributed by atoms with Crippen LogP contribution in [-0.4, -0.2) is 78.1 Å². The lowest BCUT2D eigenvalue weighted by molar-refractivity contribution is -0.142. The molecule has 0 saturated carbocycles. The molecule has 1 aliphatic rings. The number of aliphatic carboxylic acids is 2. The second kappa shape index (κ2) is 10.3. The Bertz CT molecular complexity index is 887. The summed E-state index contributed by atoms with van der Waals surface area (Å²) in [5, 5.41) is 18.9. The molecule has 1 atom stereocenters. The number of anilines is 1. The Balaban J connectivity index is 2.08. The monoisotopic (exact) mass is 466 g/mol. The van der Waals surface area contributed by atoms with Gasteiger partial charge < -0.3 is 20.3 Å². The van der Waals surface area contributed by atoms with E-state index in [0.29, 0.717) is 11.8 Å². The number of amides is 1. The van der Waals surface area contributed by atoms with Crippen LogP contribution in [0.3, 0.4) is 0 Å². The predicted octanol–water partition coefficient (Wildman–Crippen LogP) is 0.961. The van der Waals surface area contributed by atoms with Crippen LogP contribution in [0.1, 0.15) is 6.42 Å². The van der Waals surface area contributed by atoms with Gasteiger partial charge in [-0.05, 0) is 18.2 Å². The van der Waals surface area contributed by atoms with Gasteiger partial charge in [0.25, 0.3) is 0 Å². The first-order chi connectivity index (χ1) is 13.6. The Labute approximate surface area is 176 Å². The van der Waals surface area contributed by atoms with Gasteiger partial charge in [-0.3, -0.25) is 14.4 Å². The summed E-state index contributed by atoms with van der Waals surface area (Å²) in [7, 11) is -3.88. The molecule has 3 N–H and O–H groups in total. The summed E-state index contributed by atoms with van der Waals surface area (Å²) in [6, 6.07) is 3.97. The molecule has 1 fully saturated rings. The van der Waals surface area contributed by atoms with Crippen molar-refractivity contribution in [2.75, 3.05) is 37.4 Å². The number of carboxylic acids is 2. The molecule has 0 radical (unpaired) electrons. The lowest BCUT2D eigenvalue weighted by Crippen LogP contribution is -2.40. The lowest BCUT2D eigenvalue weighted by atomic mass is 10.3. The summed E-state index contributed by atoms with van der Waals surface area (Å²) in [5.41, 5.74) is 0.164. The minimum Gasteiger partial charge on any atom is -0.481 e. The minimum absolute atomic E-state index is 0.00346. The molecule has 29 heavy (non-hydrogen) atoms. The minimum atomic E-state index is -3.88. The van der Waals surface area contributed by atoms with E-state index in [0.717, 1.165) is 0 Å². The molecule has 1 amide bonds. The number of thioether (sulfide) groups is 1. The van der Waals surface area contributed by atoms with Crippen molar-refractivity contribution in [2.45, 2.75) is 16.6 Å². The van der Waals surface area contributed by atoms with E-state index in [1.807, 2.05) is 0 Å². The van der Waals surface area contributed by atoms with Crippen LogP contribution in [0.25, 0.3) is 0 Å². The molecule has 0 aliphatic carbocycles. The Hall–Kier alpha value is -1.86. The average Bonchev–Trinajstić information content (AvgIpc) is 2.66. The third-order valence-corrected chi connectivity index (χ3v) is 7.43. The van der Waals surface area contributed by atoms with Gasteiger partial charge >= 0.3 is 11.9 Å². The number of morpholine rings is 1. The van der Waals surface area contributed by atoms with Crippen molar-refractivity contribution >= 4 is 56.9 Å². The summed E-state index contributed by atoms with van der Waals surface area (Å²) < 4.78 is 32.0. The molecular weight excluding hydrogens is 448 g/mol. The lowest BCUT2D eigenvalue weighted by Gasteiger charge is -2.26. The molecule has 0 unspecified atom stereocenters. The van der Waals surface area contributed by atoms with Crippen LogP contribution in [0, 0.1) is 0 Å². The quantitative estimate of drug-likeness (QED) is 0.483. The van der Waals surface area contributed by atoms with Crippen LogP contribution in [-0.2, 0) is 29.1 Å². The Morgan fingerprint density at radius 2 is 1.90 bits per heavy atom.